The molecule has 0 saturated heterocycles. The zero-order valence-corrected chi connectivity index (χ0v) is 25.0. The van der Waals surface area contributed by atoms with Gasteiger partial charge in [0, 0.05) is 0 Å². The normalized spacial score (nSPS) is 12.0. The summed E-state index contributed by atoms with van der Waals surface area (Å²) in [6.45, 7) is 9.36. The van der Waals surface area contributed by atoms with Gasteiger partial charge in [0.05, 0.1) is 0 Å². The molecule has 0 aliphatic rings. The van der Waals surface area contributed by atoms with Crippen LogP contribution in [0.2, 0.25) is 0 Å². The van der Waals surface area contributed by atoms with Gasteiger partial charge in [-0.3, -0.25) is 0 Å². The molecule has 206 valence electrons. The zero-order valence-electron chi connectivity index (χ0n) is 25.0. The van der Waals surface area contributed by atoms with E-state index in [-0.39, 0.29) is 0 Å². The molecule has 0 spiro atoms. The summed E-state index contributed by atoms with van der Waals surface area (Å²) in [7, 11) is 0. The van der Waals surface area contributed by atoms with E-state index in [4.69, 9.17) is 0 Å². The summed E-state index contributed by atoms with van der Waals surface area (Å²) in [6.07, 6.45) is 42.7. The predicted octanol–water partition coefficient (Wildman–Crippen LogP) is 13.4. The van der Waals surface area contributed by atoms with Crippen LogP contribution in [0.3, 0.4) is 0 Å². The SMILES string of the molecule is CCCCCCCCCC(CCCCCCCC)(CCCCCCCC)CCCCCCCC. The van der Waals surface area contributed by atoms with Gasteiger partial charge in [-0.15, -0.1) is 0 Å². The predicted molar refractivity (Wildman–Crippen MR) is 159 cm³/mol. The first-order chi connectivity index (χ1) is 16.7. The molecule has 0 aliphatic carbocycles. The fourth-order valence-electron chi connectivity index (χ4n) is 6.05. The average Bonchev–Trinajstić information content (AvgIpc) is 2.85. The molecule has 0 aliphatic heterocycles. The molecule has 0 saturated carbocycles. The Balaban J connectivity index is 4.74. The van der Waals surface area contributed by atoms with Crippen LogP contribution in [-0.2, 0) is 0 Å². The smallest absolute Gasteiger partial charge is 0.0297 e. The van der Waals surface area contributed by atoms with Crippen molar-refractivity contribution in [2.45, 2.75) is 214 Å². The minimum Gasteiger partial charge on any atom is -0.0654 e. The van der Waals surface area contributed by atoms with Crippen molar-refractivity contribution in [1.29, 1.82) is 0 Å². The highest BCUT2D eigenvalue weighted by Gasteiger charge is 2.28. The standard InChI is InChI=1S/C34H70/c1-5-9-13-17-21-25-29-33-34(30-26-22-18-14-10-6-2,31-27-23-19-15-11-7-3)32-28-24-20-16-12-8-4/h5-33H2,1-4H3. The van der Waals surface area contributed by atoms with Gasteiger partial charge in [-0.2, -0.15) is 0 Å². The van der Waals surface area contributed by atoms with Gasteiger partial charge in [0.2, 0.25) is 0 Å². The van der Waals surface area contributed by atoms with Crippen LogP contribution in [0.15, 0.2) is 0 Å². The molecule has 0 atom stereocenters. The average molecular weight is 479 g/mol. The lowest BCUT2D eigenvalue weighted by atomic mass is 9.70. The van der Waals surface area contributed by atoms with Crippen molar-refractivity contribution in [1.82, 2.24) is 0 Å². The van der Waals surface area contributed by atoms with Crippen molar-refractivity contribution in [3.05, 3.63) is 0 Å². The van der Waals surface area contributed by atoms with Crippen LogP contribution >= 0.6 is 0 Å². The minimum atomic E-state index is 0.684. The lowest BCUT2D eigenvalue weighted by Crippen LogP contribution is -2.21. The fourth-order valence-corrected chi connectivity index (χ4v) is 6.05. The van der Waals surface area contributed by atoms with E-state index in [2.05, 4.69) is 27.7 Å². The Kier molecular flexibility index (Phi) is 27.6. The molecule has 0 unspecified atom stereocenters. The third-order valence-electron chi connectivity index (χ3n) is 8.49. The first-order valence-corrected chi connectivity index (χ1v) is 16.7. The van der Waals surface area contributed by atoms with Crippen LogP contribution in [0.4, 0.5) is 0 Å². The first-order valence-electron chi connectivity index (χ1n) is 16.7. The van der Waals surface area contributed by atoms with Crippen LogP contribution in [0.1, 0.15) is 214 Å². The largest absolute Gasteiger partial charge is 0.0654 e. The molecule has 0 amide bonds. The van der Waals surface area contributed by atoms with Crippen molar-refractivity contribution >= 4 is 0 Å². The molecular formula is C34H70. The Bertz CT molecular complexity index is 316. The summed E-state index contributed by atoms with van der Waals surface area (Å²) in [5.74, 6) is 0. The maximum Gasteiger partial charge on any atom is -0.0297 e. The summed E-state index contributed by atoms with van der Waals surface area (Å²) >= 11 is 0. The van der Waals surface area contributed by atoms with Gasteiger partial charge < -0.3 is 0 Å². The summed E-state index contributed by atoms with van der Waals surface area (Å²) in [6, 6.07) is 0. The highest BCUT2D eigenvalue weighted by Crippen LogP contribution is 2.42. The van der Waals surface area contributed by atoms with E-state index in [0.29, 0.717) is 5.41 Å². The van der Waals surface area contributed by atoms with Crippen LogP contribution in [0, 0.1) is 5.41 Å². The molecule has 0 heteroatoms. The van der Waals surface area contributed by atoms with Crippen LogP contribution in [0.5, 0.6) is 0 Å². The Labute approximate surface area is 219 Å². The van der Waals surface area contributed by atoms with Crippen LogP contribution < -0.4 is 0 Å². The summed E-state index contributed by atoms with van der Waals surface area (Å²) in [4.78, 5) is 0. The Morgan fingerprint density at radius 1 is 0.235 bits per heavy atom. The molecule has 0 fully saturated rings. The van der Waals surface area contributed by atoms with Gasteiger partial charge in [0.25, 0.3) is 0 Å². The highest BCUT2D eigenvalue weighted by molar-refractivity contribution is 4.80. The lowest BCUT2D eigenvalue weighted by Gasteiger charge is -2.35. The van der Waals surface area contributed by atoms with Gasteiger partial charge in [-0.25, -0.2) is 0 Å². The van der Waals surface area contributed by atoms with E-state index in [9.17, 15) is 0 Å². The van der Waals surface area contributed by atoms with Gasteiger partial charge in [-0.1, -0.05) is 188 Å². The molecule has 0 radical (unpaired) electrons. The first kappa shape index (κ1) is 34.0. The molecule has 0 heterocycles. The second-order valence-corrected chi connectivity index (χ2v) is 11.9. The van der Waals surface area contributed by atoms with E-state index in [1.807, 2.05) is 0 Å². The molecule has 0 aromatic carbocycles. The zero-order chi connectivity index (χ0) is 25.0. The second kappa shape index (κ2) is 27.6. The Morgan fingerprint density at radius 3 is 0.618 bits per heavy atom. The second-order valence-electron chi connectivity index (χ2n) is 11.9. The molecule has 0 N–H and O–H groups in total. The molecular weight excluding hydrogens is 408 g/mol. The molecule has 0 rings (SSSR count). The van der Waals surface area contributed by atoms with Crippen molar-refractivity contribution in [3.63, 3.8) is 0 Å². The molecule has 0 aromatic heterocycles. The number of unbranched alkanes of at least 4 members (excludes halogenated alkanes) is 21. The minimum absolute atomic E-state index is 0.684. The van der Waals surface area contributed by atoms with Gasteiger partial charge >= 0.3 is 0 Å². The molecule has 0 bridgehead atoms. The molecule has 0 aromatic rings. The van der Waals surface area contributed by atoms with Crippen LogP contribution in [-0.4, -0.2) is 0 Å². The van der Waals surface area contributed by atoms with E-state index >= 15 is 0 Å². The van der Waals surface area contributed by atoms with Gasteiger partial charge in [0.15, 0.2) is 0 Å². The number of rotatable bonds is 29. The van der Waals surface area contributed by atoms with Crippen molar-refractivity contribution < 1.29 is 0 Å². The monoisotopic (exact) mass is 479 g/mol. The third kappa shape index (κ3) is 22.5. The van der Waals surface area contributed by atoms with Crippen molar-refractivity contribution in [2.24, 2.45) is 5.41 Å². The quantitative estimate of drug-likeness (QED) is 0.0937. The van der Waals surface area contributed by atoms with E-state index in [1.54, 1.807) is 25.7 Å². The van der Waals surface area contributed by atoms with Crippen molar-refractivity contribution in [2.75, 3.05) is 0 Å². The van der Waals surface area contributed by atoms with Gasteiger partial charge in [-0.05, 0) is 31.1 Å². The Morgan fingerprint density at radius 2 is 0.412 bits per heavy atom. The van der Waals surface area contributed by atoms with E-state index in [1.165, 1.54) is 161 Å². The maximum absolute atomic E-state index is 2.34. The summed E-state index contributed by atoms with van der Waals surface area (Å²) < 4.78 is 0. The third-order valence-corrected chi connectivity index (χ3v) is 8.49. The maximum atomic E-state index is 2.34. The van der Waals surface area contributed by atoms with E-state index < -0.39 is 0 Å². The summed E-state index contributed by atoms with van der Waals surface area (Å²) in [5.41, 5.74) is 0.684. The molecule has 34 heavy (non-hydrogen) atoms. The Hall–Kier alpha value is 0. The van der Waals surface area contributed by atoms with Crippen LogP contribution in [0.25, 0.3) is 0 Å². The summed E-state index contributed by atoms with van der Waals surface area (Å²) in [5, 5.41) is 0. The number of hydrogen-bond donors (Lipinski definition) is 0. The fraction of sp³-hybridized carbons (Fsp3) is 1.00. The van der Waals surface area contributed by atoms with Crippen molar-refractivity contribution in [3.8, 4) is 0 Å². The number of hydrogen-bond acceptors (Lipinski definition) is 0. The van der Waals surface area contributed by atoms with E-state index in [0.717, 1.165) is 0 Å². The van der Waals surface area contributed by atoms with Gasteiger partial charge in [0.1, 0.15) is 0 Å². The lowest BCUT2D eigenvalue weighted by molar-refractivity contribution is 0.171. The topological polar surface area (TPSA) is 0 Å². The highest BCUT2D eigenvalue weighted by atomic mass is 14.3. The molecule has 0 nitrogen and oxygen atoms in total.